The Hall–Kier alpha value is -2.33. The highest BCUT2D eigenvalue weighted by molar-refractivity contribution is 6.34. The Balaban J connectivity index is 1.58. The molecule has 0 unspecified atom stereocenters. The zero-order valence-corrected chi connectivity index (χ0v) is 18.8. The van der Waals surface area contributed by atoms with E-state index in [1.54, 1.807) is 0 Å². The fraction of sp³-hybridized carbons (Fsp3) is 0.440. The molecule has 0 aromatic heterocycles. The highest BCUT2D eigenvalue weighted by Crippen LogP contribution is 2.52. The van der Waals surface area contributed by atoms with Crippen LogP contribution in [0, 0.1) is 10.8 Å². The summed E-state index contributed by atoms with van der Waals surface area (Å²) in [5, 5.41) is 3.26. The first kappa shape index (κ1) is 20.9. The number of nitrogens with one attached hydrogen (secondary N) is 1. The molecule has 30 heavy (non-hydrogen) atoms. The van der Waals surface area contributed by atoms with Crippen LogP contribution in [0.3, 0.4) is 0 Å². The fourth-order valence-electron chi connectivity index (χ4n) is 5.70. The monoisotopic (exact) mass is 424 g/mol. The van der Waals surface area contributed by atoms with Gasteiger partial charge in [0.1, 0.15) is 0 Å². The molecule has 1 heterocycles. The van der Waals surface area contributed by atoms with E-state index in [-0.39, 0.29) is 28.7 Å². The fourth-order valence-corrected chi connectivity index (χ4v) is 5.96. The molecule has 158 valence electrons. The van der Waals surface area contributed by atoms with Gasteiger partial charge < -0.3 is 10.2 Å². The Morgan fingerprint density at radius 3 is 2.50 bits per heavy atom. The van der Waals surface area contributed by atoms with Crippen LogP contribution < -0.4 is 5.32 Å². The van der Waals surface area contributed by atoms with Crippen molar-refractivity contribution in [3.8, 4) is 11.1 Å². The summed E-state index contributed by atoms with van der Waals surface area (Å²) in [5.74, 6) is -0.0798. The smallest absolute Gasteiger partial charge is 0.255 e. The number of hydrogen-bond acceptors (Lipinski definition) is 2. The Morgan fingerprint density at radius 2 is 1.80 bits per heavy atom. The summed E-state index contributed by atoms with van der Waals surface area (Å²) in [6.45, 7) is 9.21. The van der Waals surface area contributed by atoms with Crippen molar-refractivity contribution in [1.82, 2.24) is 4.90 Å². The summed E-state index contributed by atoms with van der Waals surface area (Å²) in [5.41, 5.74) is 3.60. The minimum Gasteiger partial charge on any atom is -0.335 e. The third-order valence-corrected chi connectivity index (χ3v) is 6.70. The molecule has 2 amide bonds. The van der Waals surface area contributed by atoms with Crippen LogP contribution in [0.5, 0.6) is 0 Å². The number of likely N-dealkylation sites (tertiary alicyclic amines) is 1. The minimum atomic E-state index is -0.112. The normalized spacial score (nSPS) is 24.6. The van der Waals surface area contributed by atoms with Gasteiger partial charge in [-0.3, -0.25) is 9.59 Å². The van der Waals surface area contributed by atoms with Gasteiger partial charge in [-0.25, -0.2) is 0 Å². The van der Waals surface area contributed by atoms with Crippen LogP contribution in [0.1, 0.15) is 57.3 Å². The van der Waals surface area contributed by atoms with Gasteiger partial charge in [-0.2, -0.15) is 0 Å². The lowest BCUT2D eigenvalue weighted by Gasteiger charge is -2.39. The molecule has 0 radical (unpaired) electrons. The molecule has 1 saturated carbocycles. The van der Waals surface area contributed by atoms with Crippen LogP contribution in [-0.2, 0) is 4.79 Å². The quantitative estimate of drug-likeness (QED) is 0.656. The maximum absolute atomic E-state index is 13.4. The number of rotatable bonds is 3. The molecule has 2 aromatic carbocycles. The summed E-state index contributed by atoms with van der Waals surface area (Å²) in [6, 6.07) is 13.5. The zero-order chi connectivity index (χ0) is 21.7. The van der Waals surface area contributed by atoms with Crippen molar-refractivity contribution in [2.45, 2.75) is 53.0 Å². The lowest BCUT2D eigenvalue weighted by Crippen LogP contribution is -2.37. The topological polar surface area (TPSA) is 49.4 Å². The summed E-state index contributed by atoms with van der Waals surface area (Å²) in [4.78, 5) is 26.8. The number of amides is 2. The maximum Gasteiger partial charge on any atom is 0.255 e. The zero-order valence-electron chi connectivity index (χ0n) is 18.1. The largest absolute Gasteiger partial charge is 0.335 e. The first-order valence-electron chi connectivity index (χ1n) is 10.5. The number of halogens is 1. The van der Waals surface area contributed by atoms with E-state index in [4.69, 9.17) is 11.6 Å². The molecule has 2 aliphatic rings. The molecule has 4 nitrogen and oxygen atoms in total. The van der Waals surface area contributed by atoms with Crippen LogP contribution in [0.15, 0.2) is 42.5 Å². The molecule has 2 atom stereocenters. The molecule has 1 aliphatic heterocycles. The van der Waals surface area contributed by atoms with Crippen LogP contribution in [-0.4, -0.2) is 29.3 Å². The SMILES string of the molecule is CC(=O)Nc1cccc(-c2ccc(C(=O)N3C[C@]4(C)C[C@H]3CC(C)(C)C4)c(Cl)c2)c1. The van der Waals surface area contributed by atoms with E-state index in [2.05, 4.69) is 26.1 Å². The minimum absolute atomic E-state index is 0.0324. The molecule has 2 aromatic rings. The van der Waals surface area contributed by atoms with Crippen LogP contribution >= 0.6 is 11.6 Å². The van der Waals surface area contributed by atoms with Crippen molar-refractivity contribution in [3.05, 3.63) is 53.1 Å². The predicted molar refractivity (Wildman–Crippen MR) is 122 cm³/mol. The van der Waals surface area contributed by atoms with Gasteiger partial charge >= 0.3 is 0 Å². The van der Waals surface area contributed by atoms with E-state index < -0.39 is 0 Å². The predicted octanol–water partition coefficient (Wildman–Crippen LogP) is 6.01. The van der Waals surface area contributed by atoms with E-state index >= 15 is 0 Å². The van der Waals surface area contributed by atoms with Gasteiger partial charge in [-0.05, 0) is 65.5 Å². The number of anilines is 1. The molecule has 4 rings (SSSR count). The summed E-state index contributed by atoms with van der Waals surface area (Å²) < 4.78 is 0. The second-order valence-electron chi connectivity index (χ2n) is 10.1. The highest BCUT2D eigenvalue weighted by atomic mass is 35.5. The number of nitrogens with zero attached hydrogens (tertiary/aromatic N) is 1. The van der Waals surface area contributed by atoms with Crippen molar-refractivity contribution < 1.29 is 9.59 Å². The van der Waals surface area contributed by atoms with E-state index in [9.17, 15) is 9.59 Å². The standard InChI is InChI=1S/C25H29ClN2O2/c1-16(29)27-19-7-5-6-17(10-19)18-8-9-21(22(26)11-18)23(30)28-15-25(4)13-20(28)12-24(2,3)14-25/h5-11,20H,12-15H2,1-4H3,(H,27,29)/t20-,25-/m1/s1. The molecule has 1 aliphatic carbocycles. The third kappa shape index (κ3) is 4.11. The van der Waals surface area contributed by atoms with Gasteiger partial charge in [0.2, 0.25) is 5.91 Å². The molecule has 5 heteroatoms. The second kappa shape index (κ2) is 7.42. The Labute approximate surface area is 183 Å². The van der Waals surface area contributed by atoms with E-state index in [0.717, 1.165) is 42.6 Å². The Kier molecular flexibility index (Phi) is 5.17. The van der Waals surface area contributed by atoms with E-state index in [1.165, 1.54) is 6.92 Å². The van der Waals surface area contributed by atoms with Gasteiger partial charge in [-0.1, -0.05) is 50.6 Å². The van der Waals surface area contributed by atoms with Gasteiger partial charge in [-0.15, -0.1) is 0 Å². The van der Waals surface area contributed by atoms with Crippen molar-refractivity contribution in [2.75, 3.05) is 11.9 Å². The third-order valence-electron chi connectivity index (χ3n) is 6.39. The lowest BCUT2D eigenvalue weighted by molar-refractivity contribution is -0.114. The van der Waals surface area contributed by atoms with Crippen molar-refractivity contribution >= 4 is 29.1 Å². The Bertz CT molecular complexity index is 1020. The first-order chi connectivity index (χ1) is 14.1. The van der Waals surface area contributed by atoms with Gasteiger partial charge in [0.05, 0.1) is 10.6 Å². The van der Waals surface area contributed by atoms with Crippen LogP contribution in [0.25, 0.3) is 11.1 Å². The highest BCUT2D eigenvalue weighted by Gasteiger charge is 2.51. The van der Waals surface area contributed by atoms with E-state index in [1.807, 2.05) is 47.4 Å². The molecule has 2 fully saturated rings. The molecule has 2 bridgehead atoms. The number of fused-ring (bicyclic) bond motifs is 2. The second-order valence-corrected chi connectivity index (χ2v) is 10.5. The summed E-state index contributed by atoms with van der Waals surface area (Å²) >= 11 is 6.59. The molecule has 0 spiro atoms. The summed E-state index contributed by atoms with van der Waals surface area (Å²) in [7, 11) is 0. The number of benzene rings is 2. The molecular formula is C25H29ClN2O2. The molecule has 1 N–H and O–H groups in total. The number of carbonyl (C=O) groups excluding carboxylic acids is 2. The molecule has 1 saturated heterocycles. The maximum atomic E-state index is 13.4. The average Bonchev–Trinajstić information content (AvgIpc) is 2.89. The van der Waals surface area contributed by atoms with Gasteiger partial charge in [0, 0.05) is 25.2 Å². The first-order valence-corrected chi connectivity index (χ1v) is 10.9. The molecular weight excluding hydrogens is 396 g/mol. The van der Waals surface area contributed by atoms with Crippen LogP contribution in [0.4, 0.5) is 5.69 Å². The van der Waals surface area contributed by atoms with E-state index in [0.29, 0.717) is 10.6 Å². The lowest BCUT2D eigenvalue weighted by atomic mass is 9.65. The van der Waals surface area contributed by atoms with Gasteiger partial charge in [0.25, 0.3) is 5.91 Å². The van der Waals surface area contributed by atoms with Gasteiger partial charge in [0.15, 0.2) is 0 Å². The summed E-state index contributed by atoms with van der Waals surface area (Å²) in [6.07, 6.45) is 3.27. The van der Waals surface area contributed by atoms with Crippen molar-refractivity contribution in [1.29, 1.82) is 0 Å². The Morgan fingerprint density at radius 1 is 1.07 bits per heavy atom. The van der Waals surface area contributed by atoms with Crippen molar-refractivity contribution in [3.63, 3.8) is 0 Å². The van der Waals surface area contributed by atoms with Crippen LogP contribution in [0.2, 0.25) is 5.02 Å². The van der Waals surface area contributed by atoms with Crippen molar-refractivity contribution in [2.24, 2.45) is 10.8 Å². The average molecular weight is 425 g/mol. The number of hydrogen-bond donors (Lipinski definition) is 1. The number of carbonyl (C=O) groups is 2.